The number of amides is 1. The molecule has 5 heteroatoms. The van der Waals surface area contributed by atoms with E-state index in [1.54, 1.807) is 0 Å². The summed E-state index contributed by atoms with van der Waals surface area (Å²) >= 11 is 1.83. The van der Waals surface area contributed by atoms with Crippen molar-refractivity contribution in [3.05, 3.63) is 76.0 Å². The first-order valence-electron chi connectivity index (χ1n) is 8.67. The Morgan fingerprint density at radius 3 is 2.69 bits per heavy atom. The summed E-state index contributed by atoms with van der Waals surface area (Å²) in [6, 6.07) is 14.0. The molecular formula is C21H21N3OS. The molecule has 0 atom stereocenters. The van der Waals surface area contributed by atoms with Crippen LogP contribution in [0.5, 0.6) is 0 Å². The van der Waals surface area contributed by atoms with Crippen LogP contribution in [-0.4, -0.2) is 15.7 Å². The Hall–Kier alpha value is -2.53. The van der Waals surface area contributed by atoms with Crippen LogP contribution in [0.3, 0.4) is 0 Å². The highest BCUT2D eigenvalue weighted by Crippen LogP contribution is 2.36. The predicted octanol–water partition coefficient (Wildman–Crippen LogP) is 4.80. The molecule has 4 rings (SSSR count). The molecule has 2 aromatic carbocycles. The summed E-state index contributed by atoms with van der Waals surface area (Å²) in [6.07, 6.45) is 0. The molecule has 2 heterocycles. The van der Waals surface area contributed by atoms with Crippen LogP contribution < -0.4 is 5.32 Å². The molecule has 0 bridgehead atoms. The number of carbonyl (C=O) groups excluding carboxylic acids is 1. The van der Waals surface area contributed by atoms with Gasteiger partial charge in [-0.2, -0.15) is 16.9 Å². The van der Waals surface area contributed by atoms with E-state index in [0.717, 1.165) is 39.8 Å². The average molecular weight is 363 g/mol. The third kappa shape index (κ3) is 3.03. The zero-order valence-corrected chi connectivity index (χ0v) is 16.0. The van der Waals surface area contributed by atoms with Crippen LogP contribution in [0.25, 0.3) is 5.69 Å². The first kappa shape index (κ1) is 16.9. The van der Waals surface area contributed by atoms with Crippen LogP contribution in [0.2, 0.25) is 0 Å². The van der Waals surface area contributed by atoms with Crippen LogP contribution in [0, 0.1) is 20.8 Å². The van der Waals surface area contributed by atoms with Gasteiger partial charge in [0.05, 0.1) is 11.4 Å². The number of hydrogen-bond donors (Lipinski definition) is 1. The number of benzene rings is 2. The van der Waals surface area contributed by atoms with E-state index >= 15 is 0 Å². The summed E-state index contributed by atoms with van der Waals surface area (Å²) in [5.74, 6) is 2.46. The Labute approximate surface area is 157 Å². The number of nitrogens with zero attached hydrogens (tertiary/aromatic N) is 2. The summed E-state index contributed by atoms with van der Waals surface area (Å²) in [4.78, 5) is 12.9. The molecule has 1 aliphatic rings. The van der Waals surface area contributed by atoms with Gasteiger partial charge in [0, 0.05) is 22.6 Å². The van der Waals surface area contributed by atoms with E-state index in [9.17, 15) is 4.79 Å². The molecule has 1 N–H and O–H groups in total. The van der Waals surface area contributed by atoms with Gasteiger partial charge in [-0.25, -0.2) is 4.68 Å². The molecule has 0 spiro atoms. The van der Waals surface area contributed by atoms with Crippen LogP contribution in [0.1, 0.15) is 38.3 Å². The maximum absolute atomic E-state index is 12.9. The fourth-order valence-electron chi connectivity index (χ4n) is 3.15. The van der Waals surface area contributed by atoms with Crippen molar-refractivity contribution in [1.29, 1.82) is 0 Å². The van der Waals surface area contributed by atoms with Crippen LogP contribution in [0.4, 0.5) is 5.82 Å². The number of anilines is 1. The first-order valence-corrected chi connectivity index (χ1v) is 9.82. The molecular weight excluding hydrogens is 342 g/mol. The lowest BCUT2D eigenvalue weighted by atomic mass is 10.1. The number of carbonyl (C=O) groups is 1. The molecule has 132 valence electrons. The number of aryl methyl sites for hydroxylation is 3. The van der Waals surface area contributed by atoms with Gasteiger partial charge >= 0.3 is 0 Å². The molecule has 0 fully saturated rings. The third-order valence-electron chi connectivity index (χ3n) is 4.80. The molecule has 3 aromatic rings. The molecule has 0 saturated carbocycles. The Morgan fingerprint density at radius 1 is 1.08 bits per heavy atom. The standard InChI is InChI=1S/C21H21N3OS/c1-13-5-4-6-17(9-13)24-20(18-11-26-12-19(18)23-24)22-21(25)16-8-7-14(2)15(3)10-16/h4-10H,11-12H2,1-3H3,(H,22,25). The molecule has 0 saturated heterocycles. The van der Waals surface area contributed by atoms with Crippen LogP contribution in [-0.2, 0) is 11.5 Å². The predicted molar refractivity (Wildman–Crippen MR) is 107 cm³/mol. The Bertz CT molecular complexity index is 1010. The van der Waals surface area contributed by atoms with Gasteiger partial charge in [-0.3, -0.25) is 4.79 Å². The summed E-state index contributed by atoms with van der Waals surface area (Å²) in [6.45, 7) is 6.13. The number of rotatable bonds is 3. The number of hydrogen-bond acceptors (Lipinski definition) is 3. The number of nitrogens with one attached hydrogen (secondary N) is 1. The van der Waals surface area contributed by atoms with Gasteiger partial charge in [-0.1, -0.05) is 18.2 Å². The second-order valence-electron chi connectivity index (χ2n) is 6.77. The second-order valence-corrected chi connectivity index (χ2v) is 7.76. The Kier molecular flexibility index (Phi) is 4.32. The van der Waals surface area contributed by atoms with E-state index in [1.165, 1.54) is 11.1 Å². The molecule has 4 nitrogen and oxygen atoms in total. The van der Waals surface area contributed by atoms with E-state index in [4.69, 9.17) is 5.10 Å². The van der Waals surface area contributed by atoms with Gasteiger partial charge in [-0.15, -0.1) is 0 Å². The van der Waals surface area contributed by atoms with Crippen molar-refractivity contribution in [3.63, 3.8) is 0 Å². The van der Waals surface area contributed by atoms with Gasteiger partial charge in [0.1, 0.15) is 5.82 Å². The van der Waals surface area contributed by atoms with E-state index in [0.29, 0.717) is 5.56 Å². The summed E-state index contributed by atoms with van der Waals surface area (Å²) in [7, 11) is 0. The molecule has 0 radical (unpaired) electrons. The van der Waals surface area contributed by atoms with Gasteiger partial charge in [-0.05, 0) is 61.7 Å². The fraction of sp³-hybridized carbons (Fsp3) is 0.238. The van der Waals surface area contributed by atoms with E-state index in [-0.39, 0.29) is 5.91 Å². The molecule has 26 heavy (non-hydrogen) atoms. The number of aromatic nitrogens is 2. The van der Waals surface area contributed by atoms with Gasteiger partial charge in [0.2, 0.25) is 0 Å². The van der Waals surface area contributed by atoms with Crippen LogP contribution in [0.15, 0.2) is 42.5 Å². The molecule has 1 aromatic heterocycles. The van der Waals surface area contributed by atoms with E-state index in [1.807, 2.05) is 60.6 Å². The third-order valence-corrected chi connectivity index (χ3v) is 5.77. The van der Waals surface area contributed by atoms with Gasteiger partial charge in [0.25, 0.3) is 5.91 Å². The minimum atomic E-state index is -0.0957. The van der Waals surface area contributed by atoms with Crippen molar-refractivity contribution in [3.8, 4) is 5.69 Å². The van der Waals surface area contributed by atoms with Gasteiger partial charge < -0.3 is 5.32 Å². The van der Waals surface area contributed by atoms with Crippen molar-refractivity contribution < 1.29 is 4.79 Å². The van der Waals surface area contributed by atoms with E-state index < -0.39 is 0 Å². The normalized spacial score (nSPS) is 12.9. The highest BCUT2D eigenvalue weighted by Gasteiger charge is 2.25. The largest absolute Gasteiger partial charge is 0.306 e. The van der Waals surface area contributed by atoms with Gasteiger partial charge in [0.15, 0.2) is 0 Å². The van der Waals surface area contributed by atoms with Crippen LogP contribution >= 0.6 is 11.8 Å². The smallest absolute Gasteiger partial charge is 0.256 e. The molecule has 1 aliphatic heterocycles. The van der Waals surface area contributed by atoms with Crippen molar-refractivity contribution in [2.45, 2.75) is 32.3 Å². The zero-order chi connectivity index (χ0) is 18.3. The maximum Gasteiger partial charge on any atom is 0.256 e. The lowest BCUT2D eigenvalue weighted by Crippen LogP contribution is -2.16. The highest BCUT2D eigenvalue weighted by atomic mass is 32.2. The zero-order valence-electron chi connectivity index (χ0n) is 15.2. The van der Waals surface area contributed by atoms with E-state index in [2.05, 4.69) is 24.4 Å². The summed E-state index contributed by atoms with van der Waals surface area (Å²) < 4.78 is 1.87. The molecule has 1 amide bonds. The number of fused-ring (bicyclic) bond motifs is 1. The SMILES string of the molecule is Cc1cccc(-n2nc3c(c2NC(=O)c2ccc(C)c(C)c2)CSC3)c1. The average Bonchev–Trinajstić information content (AvgIpc) is 3.20. The van der Waals surface area contributed by atoms with Crippen molar-refractivity contribution in [2.24, 2.45) is 0 Å². The summed E-state index contributed by atoms with van der Waals surface area (Å²) in [5, 5.41) is 7.88. The highest BCUT2D eigenvalue weighted by molar-refractivity contribution is 7.98. The molecule has 0 unspecified atom stereocenters. The minimum absolute atomic E-state index is 0.0957. The summed E-state index contributed by atoms with van der Waals surface area (Å²) in [5.41, 5.74) is 7.30. The lowest BCUT2D eigenvalue weighted by molar-refractivity contribution is 0.102. The van der Waals surface area contributed by atoms with Crippen molar-refractivity contribution >= 4 is 23.5 Å². The topological polar surface area (TPSA) is 46.9 Å². The Morgan fingerprint density at radius 2 is 1.92 bits per heavy atom. The Balaban J connectivity index is 1.73. The monoisotopic (exact) mass is 363 g/mol. The minimum Gasteiger partial charge on any atom is -0.306 e. The number of thioether (sulfide) groups is 1. The quantitative estimate of drug-likeness (QED) is 0.727. The fourth-order valence-corrected chi connectivity index (χ4v) is 4.19. The lowest BCUT2D eigenvalue weighted by Gasteiger charge is -2.12. The maximum atomic E-state index is 12.9. The van der Waals surface area contributed by atoms with Crippen molar-refractivity contribution in [2.75, 3.05) is 5.32 Å². The first-order chi connectivity index (χ1) is 12.5. The molecule has 0 aliphatic carbocycles. The van der Waals surface area contributed by atoms with Crippen molar-refractivity contribution in [1.82, 2.24) is 9.78 Å². The second kappa shape index (κ2) is 6.65.